The van der Waals surface area contributed by atoms with Crippen LogP contribution in [-0.2, 0) is 11.3 Å². The molecule has 0 unspecified atom stereocenters. The number of thiocarbonyl (C=S) groups is 1. The maximum Gasteiger partial charge on any atom is 0.408 e. The zero-order valence-electron chi connectivity index (χ0n) is 14.3. The van der Waals surface area contributed by atoms with Gasteiger partial charge in [-0.15, -0.1) is 0 Å². The molecule has 1 atom stereocenters. The molecule has 23 heavy (non-hydrogen) atoms. The second-order valence-electron chi connectivity index (χ2n) is 6.71. The molecule has 0 saturated heterocycles. The number of hydrogen-bond acceptors (Lipinski definition) is 3. The maximum absolute atomic E-state index is 12.9. The third-order valence-electron chi connectivity index (χ3n) is 3.00. The third-order valence-corrected chi connectivity index (χ3v) is 3.40. The van der Waals surface area contributed by atoms with Crippen molar-refractivity contribution in [3.63, 3.8) is 0 Å². The van der Waals surface area contributed by atoms with E-state index in [2.05, 4.69) is 10.6 Å². The number of carbonyl (C=O) groups is 1. The van der Waals surface area contributed by atoms with Crippen LogP contribution < -0.4 is 10.6 Å². The van der Waals surface area contributed by atoms with Gasteiger partial charge in [-0.1, -0.05) is 38.2 Å². The molecule has 0 bridgehead atoms. The first-order valence-electron chi connectivity index (χ1n) is 7.60. The minimum Gasteiger partial charge on any atom is -0.444 e. The van der Waals surface area contributed by atoms with Gasteiger partial charge in [0, 0.05) is 6.54 Å². The molecule has 4 nitrogen and oxygen atoms in total. The molecule has 1 aromatic carbocycles. The van der Waals surface area contributed by atoms with E-state index in [0.717, 1.165) is 5.56 Å². The Hall–Kier alpha value is -1.69. The van der Waals surface area contributed by atoms with E-state index < -0.39 is 11.7 Å². The minimum atomic E-state index is -0.561. The molecule has 6 heteroatoms. The molecule has 0 spiro atoms. The van der Waals surface area contributed by atoms with Crippen LogP contribution in [0.1, 0.15) is 40.2 Å². The first-order chi connectivity index (χ1) is 10.6. The topological polar surface area (TPSA) is 50.4 Å². The summed E-state index contributed by atoms with van der Waals surface area (Å²) in [4.78, 5) is 12.5. The summed E-state index contributed by atoms with van der Waals surface area (Å²) in [6, 6.07) is 5.85. The van der Waals surface area contributed by atoms with Crippen molar-refractivity contribution in [3.8, 4) is 0 Å². The van der Waals surface area contributed by atoms with E-state index in [-0.39, 0.29) is 17.8 Å². The number of halogens is 1. The minimum absolute atomic E-state index is 0.107. The van der Waals surface area contributed by atoms with E-state index in [9.17, 15) is 9.18 Å². The number of ether oxygens (including phenoxy) is 1. The van der Waals surface area contributed by atoms with Gasteiger partial charge < -0.3 is 15.4 Å². The number of benzene rings is 1. The van der Waals surface area contributed by atoms with E-state index in [1.807, 2.05) is 34.6 Å². The summed E-state index contributed by atoms with van der Waals surface area (Å²) in [6.07, 6.45) is -0.498. The third kappa shape index (κ3) is 7.41. The molecular weight excluding hydrogens is 315 g/mol. The quantitative estimate of drug-likeness (QED) is 0.801. The van der Waals surface area contributed by atoms with Crippen LogP contribution in [0.5, 0.6) is 0 Å². The van der Waals surface area contributed by atoms with Crippen LogP contribution in [0, 0.1) is 11.7 Å². The van der Waals surface area contributed by atoms with Crippen LogP contribution in [0.2, 0.25) is 0 Å². The molecule has 0 saturated carbocycles. The van der Waals surface area contributed by atoms with E-state index in [4.69, 9.17) is 17.0 Å². The van der Waals surface area contributed by atoms with Gasteiger partial charge in [0.05, 0.1) is 11.0 Å². The number of amides is 1. The highest BCUT2D eigenvalue weighted by Gasteiger charge is 2.24. The standard InChI is InChI=1S/C17H25FN2O2S/c1-11(2)14(20-16(21)22-17(3,4)5)15(23)19-10-12-6-8-13(18)9-7-12/h6-9,11,14H,10H2,1-5H3,(H,19,23)(H,20,21)/t14-/m0/s1. The van der Waals surface area contributed by atoms with Crippen molar-refractivity contribution in [3.05, 3.63) is 35.6 Å². The van der Waals surface area contributed by atoms with Crippen LogP contribution >= 0.6 is 12.2 Å². The smallest absolute Gasteiger partial charge is 0.408 e. The van der Waals surface area contributed by atoms with Gasteiger partial charge in [-0.05, 0) is 44.4 Å². The molecule has 0 radical (unpaired) electrons. The Morgan fingerprint density at radius 1 is 1.26 bits per heavy atom. The van der Waals surface area contributed by atoms with Crippen LogP contribution in [0.3, 0.4) is 0 Å². The largest absolute Gasteiger partial charge is 0.444 e. The van der Waals surface area contributed by atoms with Gasteiger partial charge in [0.15, 0.2) is 0 Å². The van der Waals surface area contributed by atoms with E-state index in [1.165, 1.54) is 12.1 Å². The normalized spacial score (nSPS) is 12.7. The second-order valence-corrected chi connectivity index (χ2v) is 7.15. The van der Waals surface area contributed by atoms with Gasteiger partial charge in [-0.2, -0.15) is 0 Å². The molecule has 0 aliphatic rings. The lowest BCUT2D eigenvalue weighted by Gasteiger charge is -2.26. The van der Waals surface area contributed by atoms with Gasteiger partial charge in [0.25, 0.3) is 0 Å². The molecule has 0 aliphatic heterocycles. The number of hydrogen-bond donors (Lipinski definition) is 2. The SMILES string of the molecule is CC(C)[C@H](NC(=O)OC(C)(C)C)C(=S)NCc1ccc(F)cc1. The van der Waals surface area contributed by atoms with Gasteiger partial charge in [-0.3, -0.25) is 0 Å². The fourth-order valence-corrected chi connectivity index (χ4v) is 2.27. The fraction of sp³-hybridized carbons (Fsp3) is 0.529. The van der Waals surface area contributed by atoms with Crippen molar-refractivity contribution in [1.82, 2.24) is 10.6 Å². The predicted molar refractivity (Wildman–Crippen MR) is 93.8 cm³/mol. The Kier molecular flexibility index (Phi) is 6.94. The van der Waals surface area contributed by atoms with Gasteiger partial charge in [0.2, 0.25) is 0 Å². The summed E-state index contributed by atoms with van der Waals surface area (Å²) in [7, 11) is 0. The molecule has 1 rings (SSSR count). The van der Waals surface area contributed by atoms with Crippen LogP contribution in [0.15, 0.2) is 24.3 Å². The van der Waals surface area contributed by atoms with Crippen molar-refractivity contribution in [2.24, 2.45) is 5.92 Å². The summed E-state index contributed by atoms with van der Waals surface area (Å²) < 4.78 is 18.2. The lowest BCUT2D eigenvalue weighted by Crippen LogP contribution is -2.49. The van der Waals surface area contributed by atoms with Crippen LogP contribution in [-0.4, -0.2) is 22.7 Å². The zero-order chi connectivity index (χ0) is 17.6. The van der Waals surface area contributed by atoms with Crippen molar-refractivity contribution in [2.75, 3.05) is 0 Å². The average Bonchev–Trinajstić information content (AvgIpc) is 2.41. The molecule has 0 heterocycles. The van der Waals surface area contributed by atoms with Crippen molar-refractivity contribution in [2.45, 2.75) is 52.8 Å². The summed E-state index contributed by atoms with van der Waals surface area (Å²) in [6.45, 7) is 9.83. The molecule has 0 aliphatic carbocycles. The maximum atomic E-state index is 12.9. The number of nitrogens with one attached hydrogen (secondary N) is 2. The zero-order valence-corrected chi connectivity index (χ0v) is 15.1. The Balaban J connectivity index is 2.60. The van der Waals surface area contributed by atoms with Gasteiger partial charge in [-0.25, -0.2) is 9.18 Å². The molecule has 2 N–H and O–H groups in total. The van der Waals surface area contributed by atoms with E-state index >= 15 is 0 Å². The number of rotatable bonds is 5. The summed E-state index contributed by atoms with van der Waals surface area (Å²) in [5, 5.41) is 5.90. The van der Waals surface area contributed by atoms with Gasteiger partial charge in [0.1, 0.15) is 11.4 Å². The van der Waals surface area contributed by atoms with Crippen molar-refractivity contribution in [1.29, 1.82) is 0 Å². The van der Waals surface area contributed by atoms with Crippen LogP contribution in [0.25, 0.3) is 0 Å². The molecule has 0 aromatic heterocycles. The van der Waals surface area contributed by atoms with Crippen LogP contribution in [0.4, 0.5) is 9.18 Å². The summed E-state index contributed by atoms with van der Waals surface area (Å²) >= 11 is 5.38. The van der Waals surface area contributed by atoms with Crippen molar-refractivity contribution < 1.29 is 13.9 Å². The second kappa shape index (κ2) is 8.24. The molecule has 1 aromatic rings. The highest BCUT2D eigenvalue weighted by atomic mass is 32.1. The summed E-state index contributed by atoms with van der Waals surface area (Å²) in [5.41, 5.74) is 0.350. The Morgan fingerprint density at radius 2 is 1.83 bits per heavy atom. The van der Waals surface area contributed by atoms with E-state index in [0.29, 0.717) is 11.5 Å². The number of carbonyl (C=O) groups excluding carboxylic acids is 1. The average molecular weight is 340 g/mol. The highest BCUT2D eigenvalue weighted by molar-refractivity contribution is 7.80. The first kappa shape index (κ1) is 19.4. The Morgan fingerprint density at radius 3 is 2.30 bits per heavy atom. The lowest BCUT2D eigenvalue weighted by atomic mass is 10.0. The molecular formula is C17H25FN2O2S. The molecule has 0 fully saturated rings. The van der Waals surface area contributed by atoms with E-state index in [1.54, 1.807) is 12.1 Å². The van der Waals surface area contributed by atoms with Crippen molar-refractivity contribution >= 4 is 23.3 Å². The van der Waals surface area contributed by atoms with Gasteiger partial charge >= 0.3 is 6.09 Å². The first-order valence-corrected chi connectivity index (χ1v) is 8.01. The predicted octanol–water partition coefficient (Wildman–Crippen LogP) is 3.79. The summed E-state index contributed by atoms with van der Waals surface area (Å²) in [5.74, 6) is -0.168. The monoisotopic (exact) mass is 340 g/mol. The number of alkyl carbamates (subject to hydrolysis) is 1. The Bertz CT molecular complexity index is 539. The fourth-order valence-electron chi connectivity index (χ4n) is 1.87. The highest BCUT2D eigenvalue weighted by Crippen LogP contribution is 2.10. The lowest BCUT2D eigenvalue weighted by molar-refractivity contribution is 0.0508. The molecule has 1 amide bonds. The molecule has 128 valence electrons. The Labute approximate surface area is 142 Å².